The fourth-order valence-corrected chi connectivity index (χ4v) is 4.01. The molecule has 2 N–H and O–H groups in total. The van der Waals surface area contributed by atoms with Crippen LogP contribution in [0, 0.1) is 5.82 Å². The Kier molecular flexibility index (Phi) is 7.82. The van der Waals surface area contributed by atoms with E-state index in [9.17, 15) is 14.0 Å². The van der Waals surface area contributed by atoms with Gasteiger partial charge >= 0.3 is 0 Å². The second kappa shape index (κ2) is 11.4. The molecule has 7 nitrogen and oxygen atoms in total. The first kappa shape index (κ1) is 24.1. The smallest absolute Gasteiger partial charge is 0.262 e. The topological polar surface area (TPSA) is 79.9 Å². The van der Waals surface area contributed by atoms with Gasteiger partial charge in [0.25, 0.3) is 11.8 Å². The fourth-order valence-electron chi connectivity index (χ4n) is 4.01. The minimum atomic E-state index is -0.529. The van der Waals surface area contributed by atoms with Crippen LogP contribution in [0.2, 0.25) is 0 Å². The van der Waals surface area contributed by atoms with Crippen molar-refractivity contribution in [2.45, 2.75) is 18.9 Å². The van der Waals surface area contributed by atoms with E-state index in [2.05, 4.69) is 15.5 Å². The minimum Gasteiger partial charge on any atom is -0.497 e. The van der Waals surface area contributed by atoms with Gasteiger partial charge in [-0.25, -0.2) is 4.39 Å². The summed E-state index contributed by atoms with van der Waals surface area (Å²) in [4.78, 5) is 27.5. The Morgan fingerprint density at radius 2 is 1.66 bits per heavy atom. The maximum absolute atomic E-state index is 13.7. The van der Waals surface area contributed by atoms with Crippen molar-refractivity contribution in [3.8, 4) is 11.5 Å². The molecule has 0 atom stereocenters. The maximum Gasteiger partial charge on any atom is 0.262 e. The van der Waals surface area contributed by atoms with Crippen LogP contribution in [0.5, 0.6) is 11.5 Å². The third-order valence-corrected chi connectivity index (χ3v) is 5.91. The van der Waals surface area contributed by atoms with Gasteiger partial charge in [0.15, 0.2) is 6.61 Å². The molecule has 0 aliphatic carbocycles. The number of anilines is 2. The van der Waals surface area contributed by atoms with Gasteiger partial charge in [0.05, 0.1) is 18.4 Å². The van der Waals surface area contributed by atoms with Crippen LogP contribution >= 0.6 is 0 Å². The van der Waals surface area contributed by atoms with E-state index in [1.54, 1.807) is 43.5 Å². The van der Waals surface area contributed by atoms with E-state index in [0.717, 1.165) is 37.4 Å². The van der Waals surface area contributed by atoms with E-state index >= 15 is 0 Å². The third kappa shape index (κ3) is 6.29. The van der Waals surface area contributed by atoms with E-state index in [4.69, 9.17) is 9.47 Å². The van der Waals surface area contributed by atoms with Crippen molar-refractivity contribution >= 4 is 23.2 Å². The van der Waals surface area contributed by atoms with Crippen LogP contribution in [0.1, 0.15) is 23.2 Å². The number of hydrogen-bond donors (Lipinski definition) is 2. The third-order valence-electron chi connectivity index (χ3n) is 5.91. The summed E-state index contributed by atoms with van der Waals surface area (Å²) in [7, 11) is 1.65. The number of methoxy groups -OCH3 is 1. The van der Waals surface area contributed by atoms with Crippen molar-refractivity contribution in [3.63, 3.8) is 0 Å². The van der Waals surface area contributed by atoms with Gasteiger partial charge in [0.2, 0.25) is 0 Å². The van der Waals surface area contributed by atoms with Gasteiger partial charge in [-0.15, -0.1) is 0 Å². The normalized spacial score (nSPS) is 13.7. The van der Waals surface area contributed by atoms with E-state index < -0.39 is 11.7 Å². The molecule has 0 spiro atoms. The molecule has 4 rings (SSSR count). The van der Waals surface area contributed by atoms with E-state index in [1.807, 2.05) is 24.3 Å². The number of para-hydroxylation sites is 2. The first-order chi connectivity index (χ1) is 17.0. The van der Waals surface area contributed by atoms with Gasteiger partial charge in [0.1, 0.15) is 17.3 Å². The van der Waals surface area contributed by atoms with Crippen molar-refractivity contribution in [1.82, 2.24) is 5.32 Å². The molecule has 1 saturated heterocycles. The fraction of sp³-hybridized carbons (Fsp3) is 0.259. The number of nitrogens with zero attached hydrogens (tertiary/aromatic N) is 1. The Hall–Kier alpha value is -4.07. The Morgan fingerprint density at radius 1 is 0.971 bits per heavy atom. The summed E-state index contributed by atoms with van der Waals surface area (Å²) in [6.45, 7) is 1.30. The Labute approximate surface area is 203 Å². The second-order valence-corrected chi connectivity index (χ2v) is 8.25. The van der Waals surface area contributed by atoms with E-state index in [0.29, 0.717) is 11.3 Å². The molecule has 0 unspecified atom stereocenters. The first-order valence-corrected chi connectivity index (χ1v) is 11.5. The number of rotatable bonds is 8. The average molecular weight is 478 g/mol. The zero-order valence-electron chi connectivity index (χ0n) is 19.5. The summed E-state index contributed by atoms with van der Waals surface area (Å²) in [5.41, 5.74) is 1.56. The van der Waals surface area contributed by atoms with Crippen LogP contribution < -0.4 is 25.0 Å². The molecule has 1 aliphatic heterocycles. The van der Waals surface area contributed by atoms with Crippen LogP contribution in [0.15, 0.2) is 72.8 Å². The lowest BCUT2D eigenvalue weighted by Crippen LogP contribution is -2.44. The van der Waals surface area contributed by atoms with Gasteiger partial charge in [-0.2, -0.15) is 0 Å². The summed E-state index contributed by atoms with van der Waals surface area (Å²) in [6, 6.07) is 20.7. The highest BCUT2D eigenvalue weighted by molar-refractivity contribution is 5.97. The van der Waals surface area contributed by atoms with Crippen molar-refractivity contribution < 1.29 is 23.5 Å². The van der Waals surface area contributed by atoms with Gasteiger partial charge in [-0.1, -0.05) is 24.3 Å². The number of nitrogens with one attached hydrogen (secondary N) is 2. The molecule has 1 aliphatic rings. The molecule has 182 valence electrons. The van der Waals surface area contributed by atoms with E-state index in [-0.39, 0.29) is 24.2 Å². The molecular formula is C27H28FN3O4. The second-order valence-electron chi connectivity index (χ2n) is 8.25. The van der Waals surface area contributed by atoms with Gasteiger partial charge in [0, 0.05) is 24.8 Å². The number of carbonyl (C=O) groups is 2. The predicted molar refractivity (Wildman–Crippen MR) is 133 cm³/mol. The molecular weight excluding hydrogens is 449 g/mol. The zero-order chi connectivity index (χ0) is 24.6. The number of hydrogen-bond acceptors (Lipinski definition) is 5. The molecule has 3 aromatic carbocycles. The number of ether oxygens (including phenoxy) is 2. The first-order valence-electron chi connectivity index (χ1n) is 11.5. The largest absolute Gasteiger partial charge is 0.497 e. The maximum atomic E-state index is 13.7. The Balaban J connectivity index is 1.30. The lowest BCUT2D eigenvalue weighted by Gasteiger charge is -2.34. The van der Waals surface area contributed by atoms with Gasteiger partial charge < -0.3 is 25.0 Å². The average Bonchev–Trinajstić information content (AvgIpc) is 2.89. The molecule has 1 fully saturated rings. The summed E-state index contributed by atoms with van der Waals surface area (Å²) >= 11 is 0. The number of carbonyl (C=O) groups excluding carboxylic acids is 2. The number of piperidine rings is 1. The van der Waals surface area contributed by atoms with Gasteiger partial charge in [-0.3, -0.25) is 9.59 Å². The Bertz CT molecular complexity index is 1160. The van der Waals surface area contributed by atoms with Crippen LogP contribution in [-0.4, -0.2) is 44.7 Å². The highest BCUT2D eigenvalue weighted by Gasteiger charge is 2.23. The number of amides is 2. The monoisotopic (exact) mass is 477 g/mol. The quantitative estimate of drug-likeness (QED) is 0.507. The van der Waals surface area contributed by atoms with Crippen LogP contribution in [0.25, 0.3) is 0 Å². The molecule has 0 bridgehead atoms. The minimum absolute atomic E-state index is 0.0365. The standard InChI is InChI=1S/C27H28FN3O4/c1-34-21-12-10-20(11-13-21)31-16-14-19(15-17-31)29-27(33)22-6-2-5-9-25(22)35-18-26(32)30-24-8-4-3-7-23(24)28/h2-13,19H,14-18H2,1H3,(H,29,33)(H,30,32). The van der Waals surface area contributed by atoms with Crippen LogP contribution in [0.4, 0.5) is 15.8 Å². The molecule has 0 aromatic heterocycles. The molecule has 35 heavy (non-hydrogen) atoms. The van der Waals surface area contributed by atoms with Crippen molar-refractivity contribution in [2.24, 2.45) is 0 Å². The van der Waals surface area contributed by atoms with E-state index in [1.165, 1.54) is 12.1 Å². The van der Waals surface area contributed by atoms with Crippen molar-refractivity contribution in [3.05, 3.63) is 84.2 Å². The summed E-state index contributed by atoms with van der Waals surface area (Å²) < 4.78 is 24.6. The molecule has 0 radical (unpaired) electrons. The lowest BCUT2D eigenvalue weighted by molar-refractivity contribution is -0.118. The van der Waals surface area contributed by atoms with Crippen LogP contribution in [0.3, 0.4) is 0 Å². The predicted octanol–water partition coefficient (Wildman–Crippen LogP) is 4.25. The summed E-state index contributed by atoms with van der Waals surface area (Å²) in [6.07, 6.45) is 1.62. The summed E-state index contributed by atoms with van der Waals surface area (Å²) in [5, 5.41) is 5.55. The highest BCUT2D eigenvalue weighted by atomic mass is 19.1. The Morgan fingerprint density at radius 3 is 2.37 bits per heavy atom. The highest BCUT2D eigenvalue weighted by Crippen LogP contribution is 2.24. The van der Waals surface area contributed by atoms with Crippen molar-refractivity contribution in [1.29, 1.82) is 0 Å². The van der Waals surface area contributed by atoms with Crippen molar-refractivity contribution in [2.75, 3.05) is 37.0 Å². The number of halogens is 1. The molecule has 3 aromatic rings. The molecule has 1 heterocycles. The SMILES string of the molecule is COc1ccc(N2CCC(NC(=O)c3ccccc3OCC(=O)Nc3ccccc3F)CC2)cc1. The molecule has 8 heteroatoms. The van der Waals surface area contributed by atoms with Crippen LogP contribution in [-0.2, 0) is 4.79 Å². The number of benzene rings is 3. The lowest BCUT2D eigenvalue weighted by atomic mass is 10.0. The molecule has 0 saturated carbocycles. The molecule has 2 amide bonds. The summed E-state index contributed by atoms with van der Waals surface area (Å²) in [5.74, 6) is -0.182. The van der Waals surface area contributed by atoms with Gasteiger partial charge in [-0.05, 0) is 61.4 Å². The zero-order valence-corrected chi connectivity index (χ0v) is 19.5.